The molecule has 0 aromatic carbocycles. The molecule has 0 spiro atoms. The maximum absolute atomic E-state index is 14.4. The van der Waals surface area contributed by atoms with Crippen LogP contribution in [-0.4, -0.2) is 93.4 Å². The minimum Gasteiger partial charge on any atom is -0.481 e. The van der Waals surface area contributed by atoms with Gasteiger partial charge >= 0.3 is 11.9 Å². The molecule has 12 nitrogen and oxygen atoms in total. The van der Waals surface area contributed by atoms with E-state index in [0.717, 1.165) is 38.8 Å². The number of carboxylic acids is 2. The topological polar surface area (TPSA) is 139 Å². The number of carbonyl (C=O) groups is 2. The number of fused-ring (bicyclic) bond motifs is 6. The van der Waals surface area contributed by atoms with Gasteiger partial charge < -0.3 is 29.8 Å². The predicted molar refractivity (Wildman–Crippen MR) is 190 cm³/mol. The van der Waals surface area contributed by atoms with Gasteiger partial charge in [0, 0.05) is 88.2 Å². The van der Waals surface area contributed by atoms with E-state index in [1.54, 1.807) is 0 Å². The second-order valence-electron chi connectivity index (χ2n) is 17.3. The lowest BCUT2D eigenvalue weighted by molar-refractivity contribution is -0.142. The van der Waals surface area contributed by atoms with Crippen molar-refractivity contribution >= 4 is 35.5 Å². The van der Waals surface area contributed by atoms with Crippen molar-refractivity contribution in [3.8, 4) is 0 Å². The van der Waals surface area contributed by atoms with Crippen LogP contribution in [0.2, 0.25) is 0 Å². The first-order valence-corrected chi connectivity index (χ1v) is 19.7. The summed E-state index contributed by atoms with van der Waals surface area (Å²) >= 11 is 0. The van der Waals surface area contributed by atoms with Crippen LogP contribution in [0.3, 0.4) is 0 Å². The number of nitrogens with zero attached hydrogens (tertiary/aromatic N) is 8. The molecule has 8 heterocycles. The highest BCUT2D eigenvalue weighted by atomic mass is 19.3. The average Bonchev–Trinajstić information content (AvgIpc) is 3.61. The Bertz CT molecular complexity index is 1710. The molecule has 292 valence electrons. The zero-order chi connectivity index (χ0) is 37.8. The summed E-state index contributed by atoms with van der Waals surface area (Å²) in [4.78, 5) is 48.4. The molecule has 2 aromatic rings. The summed E-state index contributed by atoms with van der Waals surface area (Å²) in [6, 6.07) is 0.557. The van der Waals surface area contributed by atoms with Crippen LogP contribution in [-0.2, 0) is 34.3 Å². The van der Waals surface area contributed by atoms with Gasteiger partial charge in [-0.25, -0.2) is 9.97 Å². The Morgan fingerprint density at radius 2 is 1.02 bits per heavy atom. The highest BCUT2D eigenvalue weighted by Gasteiger charge is 2.52. The van der Waals surface area contributed by atoms with Crippen molar-refractivity contribution in [1.82, 2.24) is 19.9 Å². The largest absolute Gasteiger partial charge is 0.481 e. The second-order valence-corrected chi connectivity index (χ2v) is 17.3. The Morgan fingerprint density at radius 1 is 0.648 bits per heavy atom. The normalized spacial score (nSPS) is 33.3. The number of hydrogen-bond donors (Lipinski definition) is 2. The number of piperidine rings is 4. The van der Waals surface area contributed by atoms with Gasteiger partial charge in [0.05, 0.1) is 0 Å². The molecule has 54 heavy (non-hydrogen) atoms. The van der Waals surface area contributed by atoms with Gasteiger partial charge in [-0.15, -0.1) is 0 Å². The second kappa shape index (κ2) is 12.8. The number of rotatable bonds is 8. The fourth-order valence-electron chi connectivity index (χ4n) is 10.6. The number of aliphatic carboxylic acids is 2. The van der Waals surface area contributed by atoms with E-state index in [2.05, 4.69) is 33.6 Å². The Labute approximate surface area is 311 Å². The Morgan fingerprint density at radius 3 is 1.31 bits per heavy atom. The zero-order valence-corrected chi connectivity index (χ0v) is 30.7. The molecule has 8 fully saturated rings. The van der Waals surface area contributed by atoms with Gasteiger partial charge in [-0.2, -0.15) is 27.5 Å². The molecular formula is C38H48F4N8O4. The molecule has 2 saturated carbocycles. The first kappa shape index (κ1) is 35.7. The molecule has 0 amide bonds. The summed E-state index contributed by atoms with van der Waals surface area (Å²) in [7, 11) is 0. The van der Waals surface area contributed by atoms with E-state index >= 15 is 0 Å². The third kappa shape index (κ3) is 5.91. The SMILES string of the molecule is CC1CCN1c1nc(N2C[C@H]3C[C@@H](C2)C3CC(=O)O)c2c(n1)C(F)(F)CC2.CC1CCN1c1nc(N2C[C@H]3C[C@@H](C2)C3CC(=O)O)c2c(n1)C(F)(F)CC2. The number of alkyl halides is 4. The summed E-state index contributed by atoms with van der Waals surface area (Å²) in [5.74, 6) is -3.41. The molecule has 6 saturated heterocycles. The number of aromatic nitrogens is 4. The van der Waals surface area contributed by atoms with Crippen molar-refractivity contribution in [3.05, 3.63) is 22.5 Å². The molecule has 4 aliphatic carbocycles. The van der Waals surface area contributed by atoms with Gasteiger partial charge in [0.15, 0.2) is 0 Å². The van der Waals surface area contributed by atoms with Gasteiger partial charge in [0.2, 0.25) is 11.9 Å². The first-order valence-electron chi connectivity index (χ1n) is 19.7. The molecule has 8 atom stereocenters. The van der Waals surface area contributed by atoms with Crippen LogP contribution in [0, 0.1) is 35.5 Å². The average molecular weight is 757 g/mol. The number of hydrogen-bond acceptors (Lipinski definition) is 10. The van der Waals surface area contributed by atoms with Gasteiger partial charge in [-0.05, 0) is 87.9 Å². The van der Waals surface area contributed by atoms with E-state index in [1.807, 2.05) is 9.80 Å². The lowest BCUT2D eigenvalue weighted by atomic mass is 9.60. The van der Waals surface area contributed by atoms with E-state index in [9.17, 15) is 27.2 Å². The van der Waals surface area contributed by atoms with Crippen molar-refractivity contribution < 1.29 is 37.4 Å². The lowest BCUT2D eigenvalue weighted by Crippen LogP contribution is -2.56. The number of anilines is 4. The highest BCUT2D eigenvalue weighted by Crippen LogP contribution is 2.52. The predicted octanol–water partition coefficient (Wildman–Crippen LogP) is 5.32. The molecule has 16 heteroatoms. The minimum absolute atomic E-state index is 0.0945. The van der Waals surface area contributed by atoms with Crippen molar-refractivity contribution in [2.24, 2.45) is 35.5 Å². The van der Waals surface area contributed by atoms with Gasteiger partial charge in [-0.1, -0.05) is 0 Å². The van der Waals surface area contributed by atoms with Gasteiger partial charge in [-0.3, -0.25) is 9.59 Å². The quantitative estimate of drug-likeness (QED) is 0.337. The summed E-state index contributed by atoms with van der Waals surface area (Å²) in [5, 5.41) is 18.2. The minimum atomic E-state index is -2.89. The zero-order valence-electron chi connectivity index (χ0n) is 30.7. The van der Waals surface area contributed by atoms with E-state index in [0.29, 0.717) is 97.4 Å². The fourth-order valence-corrected chi connectivity index (χ4v) is 10.6. The monoisotopic (exact) mass is 756 g/mol. The van der Waals surface area contributed by atoms with Crippen molar-refractivity contribution in [2.75, 3.05) is 58.9 Å². The van der Waals surface area contributed by atoms with Crippen LogP contribution >= 0.6 is 0 Å². The van der Waals surface area contributed by atoms with E-state index < -0.39 is 23.8 Å². The standard InChI is InChI=1S/2C19H24F2N4O2/c2*1-10-3-5-25(10)18-22-16-13(2-4-19(16,20)21)17(23-18)24-8-11-6-12(9-24)14(11)7-15(26)27/h2*10-12,14H,2-9H2,1H3,(H,26,27)/t2*10?,11-,12+,14?. The van der Waals surface area contributed by atoms with Crippen LogP contribution in [0.25, 0.3) is 0 Å². The molecule has 6 aliphatic heterocycles. The maximum Gasteiger partial charge on any atom is 0.303 e. The van der Waals surface area contributed by atoms with E-state index in [4.69, 9.17) is 20.2 Å². The van der Waals surface area contributed by atoms with E-state index in [1.165, 1.54) is 0 Å². The summed E-state index contributed by atoms with van der Waals surface area (Å²) in [6.07, 6.45) is 4.74. The van der Waals surface area contributed by atoms with Gasteiger partial charge in [0.1, 0.15) is 23.0 Å². The smallest absolute Gasteiger partial charge is 0.303 e. The molecule has 0 radical (unpaired) electrons. The summed E-state index contributed by atoms with van der Waals surface area (Å²) in [5.41, 5.74) is 0.992. The van der Waals surface area contributed by atoms with Crippen LogP contribution in [0.4, 0.5) is 41.1 Å². The number of halogens is 4. The third-order valence-corrected chi connectivity index (χ3v) is 14.0. The van der Waals surface area contributed by atoms with Crippen molar-refractivity contribution in [3.63, 3.8) is 0 Å². The van der Waals surface area contributed by atoms with Gasteiger partial charge in [0.25, 0.3) is 11.8 Å². The maximum atomic E-state index is 14.4. The molecule has 2 N–H and O–H groups in total. The molecule has 2 aromatic heterocycles. The summed E-state index contributed by atoms with van der Waals surface area (Å²) in [6.45, 7) is 8.55. The van der Waals surface area contributed by atoms with Crippen LogP contribution in [0.15, 0.2) is 0 Å². The fraction of sp³-hybridized carbons (Fsp3) is 0.737. The molecule has 12 rings (SSSR count). The lowest BCUT2D eigenvalue weighted by Gasteiger charge is -2.54. The van der Waals surface area contributed by atoms with Crippen LogP contribution in [0.1, 0.15) is 87.7 Å². The molecular weight excluding hydrogens is 708 g/mol. The first-order chi connectivity index (χ1) is 25.7. The van der Waals surface area contributed by atoms with Crippen molar-refractivity contribution in [1.29, 1.82) is 0 Å². The van der Waals surface area contributed by atoms with Crippen molar-refractivity contribution in [2.45, 2.75) is 102 Å². The van der Waals surface area contributed by atoms with Crippen LogP contribution < -0.4 is 19.6 Å². The number of carboxylic acid groups (broad SMARTS) is 2. The highest BCUT2D eigenvalue weighted by molar-refractivity contribution is 5.68. The molecule has 4 bridgehead atoms. The van der Waals surface area contributed by atoms with E-state index in [-0.39, 0.29) is 61.0 Å². The summed E-state index contributed by atoms with van der Waals surface area (Å²) < 4.78 is 57.8. The Kier molecular flexibility index (Phi) is 8.46. The third-order valence-electron chi connectivity index (χ3n) is 14.0. The molecule has 4 unspecified atom stereocenters. The van der Waals surface area contributed by atoms with Crippen LogP contribution in [0.5, 0.6) is 0 Å². The molecule has 10 aliphatic rings. The Hall–Kier alpha value is -3.98. The Balaban J connectivity index is 0.000000142.